The van der Waals surface area contributed by atoms with Crippen LogP contribution in [0.3, 0.4) is 0 Å². The van der Waals surface area contributed by atoms with Crippen molar-refractivity contribution in [2.45, 2.75) is 51.3 Å². The Labute approximate surface area is 117 Å². The highest BCUT2D eigenvalue weighted by molar-refractivity contribution is 5.97. The molecule has 1 aliphatic heterocycles. The van der Waals surface area contributed by atoms with E-state index >= 15 is 0 Å². The summed E-state index contributed by atoms with van der Waals surface area (Å²) >= 11 is 0. The van der Waals surface area contributed by atoms with E-state index in [1.807, 2.05) is 0 Å². The highest BCUT2D eigenvalue weighted by Gasteiger charge is 2.82. The lowest BCUT2D eigenvalue weighted by molar-refractivity contribution is -0.143. The Morgan fingerprint density at radius 2 is 2.00 bits per heavy atom. The van der Waals surface area contributed by atoms with Gasteiger partial charge in [-0.3, -0.25) is 14.5 Å². The Bertz CT molecular complexity index is 508. The van der Waals surface area contributed by atoms with Gasteiger partial charge in [-0.15, -0.1) is 0 Å². The van der Waals surface area contributed by atoms with E-state index in [0.717, 1.165) is 0 Å². The van der Waals surface area contributed by atoms with E-state index in [2.05, 4.69) is 0 Å². The molecule has 2 bridgehead atoms. The Hall–Kier alpha value is -1.59. The highest BCUT2D eigenvalue weighted by atomic mass is 16.6. The predicted molar refractivity (Wildman–Crippen MR) is 67.8 cm³/mol. The van der Waals surface area contributed by atoms with Gasteiger partial charge in [-0.05, 0) is 27.2 Å². The quantitative estimate of drug-likeness (QED) is 0.674. The van der Waals surface area contributed by atoms with E-state index in [-0.39, 0.29) is 29.1 Å². The minimum Gasteiger partial charge on any atom is -0.469 e. The molecule has 3 rings (SSSR count). The number of ketones is 1. The van der Waals surface area contributed by atoms with Crippen molar-refractivity contribution in [2.24, 2.45) is 11.3 Å². The van der Waals surface area contributed by atoms with Crippen molar-refractivity contribution < 1.29 is 23.9 Å². The van der Waals surface area contributed by atoms with Gasteiger partial charge in [0.25, 0.3) is 0 Å². The van der Waals surface area contributed by atoms with E-state index in [0.29, 0.717) is 12.8 Å². The summed E-state index contributed by atoms with van der Waals surface area (Å²) < 4.78 is 10.2. The van der Waals surface area contributed by atoms with Crippen LogP contribution in [0.15, 0.2) is 0 Å². The largest absolute Gasteiger partial charge is 0.469 e. The van der Waals surface area contributed by atoms with Crippen LogP contribution in [0.25, 0.3) is 0 Å². The van der Waals surface area contributed by atoms with Crippen molar-refractivity contribution in [1.82, 2.24) is 4.90 Å². The first kappa shape index (κ1) is 13.4. The van der Waals surface area contributed by atoms with Gasteiger partial charge in [0.2, 0.25) is 0 Å². The van der Waals surface area contributed by atoms with Gasteiger partial charge in [-0.25, -0.2) is 4.79 Å². The zero-order valence-electron chi connectivity index (χ0n) is 12.1. The monoisotopic (exact) mass is 281 g/mol. The van der Waals surface area contributed by atoms with E-state index in [1.165, 1.54) is 12.0 Å². The number of hydrogen-bond donors (Lipinski definition) is 0. The standard InChI is InChI=1S/C14H19NO5/c1-13(2,3)20-12(18)15-7-5-14(6-8(7)16)9(10(14)15)11(17)19-4/h7,9-10H,5-6H2,1-4H3/t7?,9-,10?,14?/m1/s1. The topological polar surface area (TPSA) is 72.9 Å². The van der Waals surface area contributed by atoms with Crippen LogP contribution in [0.5, 0.6) is 0 Å². The number of hydrogen-bond acceptors (Lipinski definition) is 5. The van der Waals surface area contributed by atoms with E-state index in [9.17, 15) is 14.4 Å². The first-order valence-corrected chi connectivity index (χ1v) is 6.83. The number of piperidine rings is 2. The van der Waals surface area contributed by atoms with Crippen LogP contribution in [-0.4, -0.2) is 47.5 Å². The maximum Gasteiger partial charge on any atom is 0.411 e. The van der Waals surface area contributed by atoms with Crippen LogP contribution in [-0.2, 0) is 19.1 Å². The third kappa shape index (κ3) is 1.60. The second-order valence-electron chi connectivity index (χ2n) is 6.93. The van der Waals surface area contributed by atoms with Crippen molar-refractivity contribution in [2.75, 3.05) is 7.11 Å². The van der Waals surface area contributed by atoms with Crippen molar-refractivity contribution in [3.63, 3.8) is 0 Å². The number of fused-ring (bicyclic) bond motifs is 1. The van der Waals surface area contributed by atoms with Crippen molar-refractivity contribution >= 4 is 17.8 Å². The molecule has 1 spiro atoms. The highest BCUT2D eigenvalue weighted by Crippen LogP contribution is 2.70. The Morgan fingerprint density at radius 3 is 2.55 bits per heavy atom. The molecule has 0 N–H and O–H groups in total. The number of likely N-dealkylation sites (tertiary alicyclic amines) is 1. The summed E-state index contributed by atoms with van der Waals surface area (Å²) in [5.74, 6) is -0.682. The average Bonchev–Trinajstić information content (AvgIpc) is 2.65. The van der Waals surface area contributed by atoms with Gasteiger partial charge in [0.05, 0.1) is 25.1 Å². The van der Waals surface area contributed by atoms with Gasteiger partial charge in [0.15, 0.2) is 5.78 Å². The molecule has 1 amide bonds. The SMILES string of the molecule is COC(=O)[C@H]1C2N(C(=O)OC(C)(C)C)C3CC21CC3=O. The molecular weight excluding hydrogens is 262 g/mol. The minimum atomic E-state index is -0.620. The number of esters is 1. The molecule has 3 unspecified atom stereocenters. The van der Waals surface area contributed by atoms with Gasteiger partial charge in [0.1, 0.15) is 5.60 Å². The number of ether oxygens (including phenoxy) is 2. The zero-order chi connectivity index (χ0) is 14.9. The number of rotatable bonds is 1. The number of nitrogens with zero attached hydrogens (tertiary/aromatic N) is 1. The molecule has 0 radical (unpaired) electrons. The molecule has 1 heterocycles. The van der Waals surface area contributed by atoms with Crippen LogP contribution < -0.4 is 0 Å². The zero-order valence-corrected chi connectivity index (χ0v) is 12.1. The van der Waals surface area contributed by atoms with Crippen LogP contribution in [0.4, 0.5) is 4.79 Å². The average molecular weight is 281 g/mol. The Kier molecular flexibility index (Phi) is 2.50. The molecule has 6 heteroatoms. The lowest BCUT2D eigenvalue weighted by Crippen LogP contribution is -2.47. The fraction of sp³-hybridized carbons (Fsp3) is 0.786. The van der Waals surface area contributed by atoms with Gasteiger partial charge in [-0.2, -0.15) is 0 Å². The molecule has 1 saturated heterocycles. The predicted octanol–water partition coefficient (Wildman–Crippen LogP) is 1.13. The maximum absolute atomic E-state index is 12.3. The van der Waals surface area contributed by atoms with Crippen LogP contribution >= 0.6 is 0 Å². The number of carbonyl (C=O) groups excluding carboxylic acids is 3. The fourth-order valence-corrected chi connectivity index (χ4v) is 3.85. The lowest BCUT2D eigenvalue weighted by Gasteiger charge is -2.30. The fourth-order valence-electron chi connectivity index (χ4n) is 3.85. The summed E-state index contributed by atoms with van der Waals surface area (Å²) in [5, 5.41) is 0. The van der Waals surface area contributed by atoms with Crippen molar-refractivity contribution in [3.8, 4) is 0 Å². The minimum absolute atomic E-state index is 0.0264. The number of Topliss-reactive ketones (excluding diaryl/α,β-unsaturated/α-hetero) is 1. The Morgan fingerprint density at radius 1 is 1.35 bits per heavy atom. The summed E-state index contributed by atoms with van der Waals surface area (Å²) in [4.78, 5) is 37.6. The number of methoxy groups -OCH3 is 1. The summed E-state index contributed by atoms with van der Waals surface area (Å²) in [6.45, 7) is 5.34. The molecule has 4 atom stereocenters. The van der Waals surface area contributed by atoms with Crippen LogP contribution in [0, 0.1) is 11.3 Å². The molecule has 6 nitrogen and oxygen atoms in total. The number of carbonyl (C=O) groups is 3. The van der Waals surface area contributed by atoms with Crippen molar-refractivity contribution in [1.29, 1.82) is 0 Å². The van der Waals surface area contributed by atoms with Gasteiger partial charge in [-0.1, -0.05) is 0 Å². The molecule has 0 aromatic carbocycles. The molecule has 2 aliphatic carbocycles. The van der Waals surface area contributed by atoms with Crippen molar-refractivity contribution in [3.05, 3.63) is 0 Å². The van der Waals surface area contributed by atoms with Gasteiger partial charge in [0, 0.05) is 11.8 Å². The Balaban J connectivity index is 1.84. The van der Waals surface area contributed by atoms with E-state index < -0.39 is 17.7 Å². The van der Waals surface area contributed by atoms with Crippen LogP contribution in [0.1, 0.15) is 33.6 Å². The summed E-state index contributed by atoms with van der Waals surface area (Å²) in [5.41, 5.74) is -1.00. The smallest absolute Gasteiger partial charge is 0.411 e. The molecular formula is C14H19NO5. The molecule has 2 saturated carbocycles. The summed E-state index contributed by atoms with van der Waals surface area (Å²) in [6.07, 6.45) is 0.436. The molecule has 3 fully saturated rings. The molecule has 0 aromatic rings. The molecule has 0 aromatic heterocycles. The maximum atomic E-state index is 12.3. The summed E-state index contributed by atoms with van der Waals surface area (Å²) in [6, 6.07) is -0.650. The third-order valence-electron chi connectivity index (χ3n) is 4.56. The number of amides is 1. The first-order chi connectivity index (χ1) is 9.21. The van der Waals surface area contributed by atoms with E-state index in [1.54, 1.807) is 20.8 Å². The molecule has 20 heavy (non-hydrogen) atoms. The van der Waals surface area contributed by atoms with E-state index in [4.69, 9.17) is 9.47 Å². The normalized spacial score (nSPS) is 37.7. The molecule has 110 valence electrons. The van der Waals surface area contributed by atoms with Gasteiger partial charge >= 0.3 is 12.1 Å². The van der Waals surface area contributed by atoms with Gasteiger partial charge < -0.3 is 9.47 Å². The first-order valence-electron chi connectivity index (χ1n) is 6.83. The van der Waals surface area contributed by atoms with Crippen LogP contribution in [0.2, 0.25) is 0 Å². The summed E-state index contributed by atoms with van der Waals surface area (Å²) in [7, 11) is 1.33. The lowest BCUT2D eigenvalue weighted by atomic mass is 10.0. The second-order valence-corrected chi connectivity index (χ2v) is 6.93. The molecule has 3 aliphatic rings. The third-order valence-corrected chi connectivity index (χ3v) is 4.56. The second kappa shape index (κ2) is 3.74.